The Balaban J connectivity index is 4.63. The van der Waals surface area contributed by atoms with Crippen LogP contribution in [0.1, 0.15) is 219 Å². The van der Waals surface area contributed by atoms with Crippen LogP contribution in [0, 0.1) is 0 Å². The van der Waals surface area contributed by atoms with E-state index in [0.29, 0.717) is 25.8 Å². The zero-order valence-corrected chi connectivity index (χ0v) is 37.9. The molecule has 0 unspecified atom stereocenters. The second kappa shape index (κ2) is 41.4. The van der Waals surface area contributed by atoms with Gasteiger partial charge < -0.3 is 38.1 Å². The van der Waals surface area contributed by atoms with E-state index in [2.05, 4.69) is 34.8 Å². The second-order valence-electron chi connectivity index (χ2n) is 16.5. The predicted molar refractivity (Wildman–Crippen MR) is 243 cm³/mol. The maximum atomic E-state index is 13.3. The first kappa shape index (κ1) is 55.6. The lowest BCUT2D eigenvalue weighted by molar-refractivity contribution is -0.134. The van der Waals surface area contributed by atoms with Gasteiger partial charge in [0.15, 0.2) is 5.96 Å². The van der Waals surface area contributed by atoms with Gasteiger partial charge in [0.1, 0.15) is 6.04 Å². The fraction of sp³-hybridized carbons (Fsp3) is 0.870. The molecule has 0 aliphatic heterocycles. The quantitative estimate of drug-likeness (QED) is 0.0203. The van der Waals surface area contributed by atoms with Gasteiger partial charge in [-0.3, -0.25) is 29.0 Å². The molecule has 0 radical (unpaired) electrons. The van der Waals surface area contributed by atoms with Crippen LogP contribution in [-0.4, -0.2) is 79.2 Å². The Morgan fingerprint density at radius 2 is 0.847 bits per heavy atom. The lowest BCUT2D eigenvalue weighted by Gasteiger charge is -2.23. The van der Waals surface area contributed by atoms with E-state index in [-0.39, 0.29) is 69.1 Å². The summed E-state index contributed by atoms with van der Waals surface area (Å²) in [7, 11) is 0. The summed E-state index contributed by atoms with van der Waals surface area (Å²) in [4.78, 5) is 68.5. The molecule has 0 aromatic heterocycles. The number of carbonyl (C=O) groups excluding carboxylic acids is 5. The molecule has 1 atom stereocenters. The molecule has 0 heterocycles. The number of rotatable bonds is 43. The number of nitrogens with zero attached hydrogens (tertiary/aromatic N) is 2. The van der Waals surface area contributed by atoms with Crippen molar-refractivity contribution in [1.82, 2.24) is 20.9 Å². The molecule has 0 rings (SSSR count). The Labute approximate surface area is 359 Å². The predicted octanol–water partition coefficient (Wildman–Crippen LogP) is 7.81. The molecule has 0 saturated carbocycles. The molecule has 59 heavy (non-hydrogen) atoms. The Bertz CT molecular complexity index is 1050. The first-order valence-corrected chi connectivity index (χ1v) is 24.1. The van der Waals surface area contributed by atoms with Gasteiger partial charge in [-0.2, -0.15) is 0 Å². The summed E-state index contributed by atoms with van der Waals surface area (Å²) in [5.74, 6) is -1.57. The molecule has 0 bridgehead atoms. The fourth-order valence-corrected chi connectivity index (χ4v) is 7.24. The smallest absolute Gasteiger partial charge is 0.240 e. The molecule has 13 heteroatoms. The Kier molecular flexibility index (Phi) is 39.0. The topological polar surface area (TPSA) is 215 Å². The molecule has 0 spiro atoms. The van der Waals surface area contributed by atoms with Gasteiger partial charge in [-0.25, -0.2) is 0 Å². The van der Waals surface area contributed by atoms with Crippen molar-refractivity contribution in [2.24, 2.45) is 22.2 Å². The van der Waals surface area contributed by atoms with Gasteiger partial charge in [0.05, 0.1) is 0 Å². The van der Waals surface area contributed by atoms with Crippen LogP contribution < -0.4 is 33.2 Å². The zero-order valence-electron chi connectivity index (χ0n) is 37.9. The number of guanidine groups is 1. The van der Waals surface area contributed by atoms with Crippen molar-refractivity contribution in [3.8, 4) is 0 Å². The molecule has 0 aromatic rings. The molecule has 9 N–H and O–H groups in total. The average Bonchev–Trinajstić information content (AvgIpc) is 3.20. The molecule has 344 valence electrons. The van der Waals surface area contributed by atoms with E-state index in [1.54, 1.807) is 4.90 Å². The summed E-state index contributed by atoms with van der Waals surface area (Å²) in [5.41, 5.74) is 16.2. The van der Waals surface area contributed by atoms with Crippen LogP contribution >= 0.6 is 0 Å². The summed E-state index contributed by atoms with van der Waals surface area (Å²) < 4.78 is 0. The van der Waals surface area contributed by atoms with E-state index in [1.165, 1.54) is 128 Å². The lowest BCUT2D eigenvalue weighted by atomic mass is 10.0. The summed E-state index contributed by atoms with van der Waals surface area (Å²) in [5, 5.41) is 8.48. The molecule has 0 aliphatic rings. The van der Waals surface area contributed by atoms with Crippen LogP contribution in [0.3, 0.4) is 0 Å². The summed E-state index contributed by atoms with van der Waals surface area (Å²) >= 11 is 0. The van der Waals surface area contributed by atoms with Crippen molar-refractivity contribution < 1.29 is 24.0 Å². The molecule has 0 fully saturated rings. The number of hydrogen-bond donors (Lipinski definition) is 6. The largest absolute Gasteiger partial charge is 0.370 e. The summed E-state index contributed by atoms with van der Waals surface area (Å²) in [6.07, 6.45) is 33.8. The molecular weight excluding hydrogens is 745 g/mol. The number of primary amides is 1. The van der Waals surface area contributed by atoms with Crippen LogP contribution in [0.15, 0.2) is 4.99 Å². The van der Waals surface area contributed by atoms with Crippen molar-refractivity contribution in [2.45, 2.75) is 225 Å². The van der Waals surface area contributed by atoms with E-state index in [4.69, 9.17) is 17.2 Å². The van der Waals surface area contributed by atoms with Gasteiger partial charge >= 0.3 is 0 Å². The average molecular weight is 835 g/mol. The molecular formula is C46H90N8O5. The Morgan fingerprint density at radius 1 is 0.475 bits per heavy atom. The Morgan fingerprint density at radius 3 is 1.20 bits per heavy atom. The fourth-order valence-electron chi connectivity index (χ4n) is 7.24. The van der Waals surface area contributed by atoms with Gasteiger partial charge in [0, 0.05) is 58.4 Å². The first-order chi connectivity index (χ1) is 28.6. The minimum absolute atomic E-state index is 0.0386. The third kappa shape index (κ3) is 38.6. The zero-order chi connectivity index (χ0) is 43.6. The number of aliphatic imine (C=N–C) groups is 1. The maximum Gasteiger partial charge on any atom is 0.240 e. The third-order valence-corrected chi connectivity index (χ3v) is 11.0. The van der Waals surface area contributed by atoms with Gasteiger partial charge in [0.25, 0.3) is 0 Å². The highest BCUT2D eigenvalue weighted by molar-refractivity contribution is 5.88. The number of hydrogen-bond acceptors (Lipinski definition) is 6. The SMILES string of the molecule is CCCCCCCCCCCCCCCC(=O)NCCN(CCNC(=O)CCCCCCCCCCCCCCC)C(=O)CCC(=O)N[C@@H](CCCN=C(N)N)C(N)=O. The molecule has 0 aromatic carbocycles. The minimum Gasteiger partial charge on any atom is -0.370 e. The van der Waals surface area contributed by atoms with Crippen molar-refractivity contribution in [3.63, 3.8) is 0 Å². The number of amides is 5. The molecule has 5 amide bonds. The normalized spacial score (nSPS) is 11.5. The number of unbranched alkanes of at least 4 members (excludes halogenated alkanes) is 24. The Hall–Kier alpha value is -3.38. The molecule has 0 aliphatic carbocycles. The number of nitrogens with two attached hydrogens (primary N) is 3. The van der Waals surface area contributed by atoms with E-state index in [1.807, 2.05) is 0 Å². The van der Waals surface area contributed by atoms with Gasteiger partial charge in [-0.05, 0) is 25.7 Å². The third-order valence-electron chi connectivity index (χ3n) is 11.0. The highest BCUT2D eigenvalue weighted by Gasteiger charge is 2.20. The molecule has 13 nitrogen and oxygen atoms in total. The summed E-state index contributed by atoms with van der Waals surface area (Å²) in [6.45, 7) is 5.87. The first-order valence-electron chi connectivity index (χ1n) is 24.1. The van der Waals surface area contributed by atoms with E-state index in [0.717, 1.165) is 38.5 Å². The van der Waals surface area contributed by atoms with Crippen molar-refractivity contribution in [1.29, 1.82) is 0 Å². The van der Waals surface area contributed by atoms with Crippen molar-refractivity contribution in [2.75, 3.05) is 32.7 Å². The van der Waals surface area contributed by atoms with E-state index in [9.17, 15) is 24.0 Å². The van der Waals surface area contributed by atoms with E-state index < -0.39 is 17.9 Å². The lowest BCUT2D eigenvalue weighted by Crippen LogP contribution is -2.45. The highest BCUT2D eigenvalue weighted by Crippen LogP contribution is 2.14. The maximum absolute atomic E-state index is 13.3. The van der Waals surface area contributed by atoms with Crippen molar-refractivity contribution in [3.05, 3.63) is 0 Å². The number of carbonyl (C=O) groups is 5. The minimum atomic E-state index is -0.905. The van der Waals surface area contributed by atoms with Gasteiger partial charge in [-0.15, -0.1) is 0 Å². The van der Waals surface area contributed by atoms with Crippen LogP contribution in [0.5, 0.6) is 0 Å². The van der Waals surface area contributed by atoms with Crippen LogP contribution in [0.2, 0.25) is 0 Å². The number of nitrogens with one attached hydrogen (secondary N) is 3. The van der Waals surface area contributed by atoms with Gasteiger partial charge in [-0.1, -0.05) is 168 Å². The standard InChI is InChI=1S/C46H90N8O5/c1-3-5-7-9-11-13-15-17-19-21-23-25-27-31-41(55)50-36-38-54(44(58)34-33-43(57)53-40(45(47)59)30-29-35-52-46(48)49)39-37-51-42(56)32-28-26-24-22-20-18-16-14-12-10-8-6-4-2/h40H,3-39H2,1-2H3,(H2,47,59)(H,50,55)(H,51,56)(H,53,57)(H4,48,49,52)/t40-/m0/s1. The van der Waals surface area contributed by atoms with Crippen LogP contribution in [0.4, 0.5) is 0 Å². The summed E-state index contributed by atoms with van der Waals surface area (Å²) in [6, 6.07) is -0.905. The monoisotopic (exact) mass is 835 g/mol. The van der Waals surface area contributed by atoms with Gasteiger partial charge in [0.2, 0.25) is 29.5 Å². The second-order valence-corrected chi connectivity index (χ2v) is 16.5. The highest BCUT2D eigenvalue weighted by atomic mass is 16.2. The van der Waals surface area contributed by atoms with Crippen LogP contribution in [-0.2, 0) is 24.0 Å². The van der Waals surface area contributed by atoms with E-state index >= 15 is 0 Å². The van der Waals surface area contributed by atoms with Crippen LogP contribution in [0.25, 0.3) is 0 Å². The van der Waals surface area contributed by atoms with Crippen molar-refractivity contribution >= 4 is 35.5 Å². The molecule has 0 saturated heterocycles.